The molecule has 7 heteroatoms. The molecule has 4 rings (SSSR count). The zero-order valence-electron chi connectivity index (χ0n) is 16.1. The van der Waals surface area contributed by atoms with Crippen molar-refractivity contribution in [1.29, 1.82) is 0 Å². The van der Waals surface area contributed by atoms with Gasteiger partial charge in [0.15, 0.2) is 11.5 Å². The van der Waals surface area contributed by atoms with Gasteiger partial charge < -0.3 is 20.1 Å². The Morgan fingerprint density at radius 2 is 1.82 bits per heavy atom. The molecule has 0 radical (unpaired) electrons. The highest BCUT2D eigenvalue weighted by Crippen LogP contribution is 2.37. The highest BCUT2D eigenvalue weighted by Gasteiger charge is 2.29. The van der Waals surface area contributed by atoms with E-state index in [1.165, 1.54) is 0 Å². The van der Waals surface area contributed by atoms with Crippen LogP contribution in [0, 0.1) is 5.92 Å². The fourth-order valence-corrected chi connectivity index (χ4v) is 3.12. The number of carbonyl (C=O) groups excluding carboxylic acids is 1. The van der Waals surface area contributed by atoms with Crippen LogP contribution in [-0.4, -0.2) is 37.1 Å². The quantitative estimate of drug-likeness (QED) is 0.680. The lowest BCUT2D eigenvalue weighted by molar-refractivity contribution is -0.117. The summed E-state index contributed by atoms with van der Waals surface area (Å²) in [4.78, 5) is 21.3. The number of hydrogen-bond acceptors (Lipinski definition) is 6. The molecule has 1 aromatic heterocycles. The molecule has 0 saturated heterocycles. The Morgan fingerprint density at radius 1 is 1.07 bits per heavy atom. The third-order valence-corrected chi connectivity index (χ3v) is 4.78. The average molecular weight is 378 g/mol. The van der Waals surface area contributed by atoms with Gasteiger partial charge in [-0.2, -0.15) is 0 Å². The minimum Gasteiger partial charge on any atom is -0.493 e. The van der Waals surface area contributed by atoms with Crippen LogP contribution in [0.4, 0.5) is 11.6 Å². The molecular weight excluding hydrogens is 356 g/mol. The van der Waals surface area contributed by atoms with E-state index in [0.717, 1.165) is 40.7 Å². The summed E-state index contributed by atoms with van der Waals surface area (Å²) in [6.45, 7) is 0. The van der Waals surface area contributed by atoms with Gasteiger partial charge in [0.2, 0.25) is 11.9 Å². The maximum Gasteiger partial charge on any atom is 0.227 e. The van der Waals surface area contributed by atoms with Crippen molar-refractivity contribution in [2.45, 2.75) is 12.8 Å². The number of carbonyl (C=O) groups is 1. The highest BCUT2D eigenvalue weighted by molar-refractivity contribution is 5.97. The summed E-state index contributed by atoms with van der Waals surface area (Å²) in [5, 5.41) is 6.83. The number of amides is 1. The van der Waals surface area contributed by atoms with Crippen LogP contribution < -0.4 is 20.1 Å². The minimum atomic E-state index is 0.0759. The first kappa shape index (κ1) is 18.0. The van der Waals surface area contributed by atoms with Gasteiger partial charge in [-0.25, -0.2) is 9.97 Å². The first-order chi connectivity index (χ1) is 13.6. The van der Waals surface area contributed by atoms with E-state index in [2.05, 4.69) is 20.6 Å². The monoisotopic (exact) mass is 378 g/mol. The third-order valence-electron chi connectivity index (χ3n) is 4.78. The van der Waals surface area contributed by atoms with E-state index in [1.807, 2.05) is 36.4 Å². The summed E-state index contributed by atoms with van der Waals surface area (Å²) >= 11 is 0. The maximum atomic E-state index is 12.1. The van der Waals surface area contributed by atoms with Crippen LogP contribution in [-0.2, 0) is 4.79 Å². The molecule has 1 fully saturated rings. The van der Waals surface area contributed by atoms with Gasteiger partial charge in [0.05, 0.1) is 25.4 Å². The van der Waals surface area contributed by atoms with Crippen molar-refractivity contribution >= 4 is 28.4 Å². The molecule has 0 atom stereocenters. The van der Waals surface area contributed by atoms with E-state index >= 15 is 0 Å². The van der Waals surface area contributed by atoms with Crippen molar-refractivity contribution in [3.63, 3.8) is 0 Å². The molecule has 0 aliphatic heterocycles. The topological polar surface area (TPSA) is 85.4 Å². The van der Waals surface area contributed by atoms with Crippen LogP contribution in [0.15, 0.2) is 36.4 Å². The Bertz CT molecular complexity index is 1050. The van der Waals surface area contributed by atoms with Crippen molar-refractivity contribution in [3.8, 4) is 22.8 Å². The first-order valence-electron chi connectivity index (χ1n) is 9.15. The van der Waals surface area contributed by atoms with E-state index in [-0.39, 0.29) is 11.8 Å². The Hall–Kier alpha value is -3.35. The lowest BCUT2D eigenvalue weighted by Crippen LogP contribution is -2.13. The van der Waals surface area contributed by atoms with Crippen molar-refractivity contribution in [1.82, 2.24) is 9.97 Å². The van der Waals surface area contributed by atoms with Gasteiger partial charge in [0.25, 0.3) is 0 Å². The summed E-state index contributed by atoms with van der Waals surface area (Å²) in [5.41, 5.74) is 3.12. The van der Waals surface area contributed by atoms with Crippen LogP contribution in [0.3, 0.4) is 0 Å². The molecule has 1 saturated carbocycles. The van der Waals surface area contributed by atoms with Gasteiger partial charge in [-0.05, 0) is 31.0 Å². The van der Waals surface area contributed by atoms with Crippen LogP contribution in [0.1, 0.15) is 12.8 Å². The van der Waals surface area contributed by atoms with Gasteiger partial charge in [-0.3, -0.25) is 4.79 Å². The van der Waals surface area contributed by atoms with E-state index in [0.29, 0.717) is 17.4 Å². The summed E-state index contributed by atoms with van der Waals surface area (Å²) in [5.74, 6) is 1.94. The Kier molecular flexibility index (Phi) is 4.73. The van der Waals surface area contributed by atoms with Gasteiger partial charge >= 0.3 is 0 Å². The van der Waals surface area contributed by atoms with E-state index < -0.39 is 0 Å². The van der Waals surface area contributed by atoms with Crippen molar-refractivity contribution in [2.75, 3.05) is 31.9 Å². The highest BCUT2D eigenvalue weighted by atomic mass is 16.5. The van der Waals surface area contributed by atoms with E-state index in [9.17, 15) is 4.79 Å². The van der Waals surface area contributed by atoms with E-state index in [1.54, 1.807) is 21.3 Å². The van der Waals surface area contributed by atoms with Crippen LogP contribution >= 0.6 is 0 Å². The number of aromatic nitrogens is 2. The number of hydrogen-bond donors (Lipinski definition) is 2. The lowest BCUT2D eigenvalue weighted by Gasteiger charge is -2.13. The molecule has 1 aliphatic rings. The zero-order valence-corrected chi connectivity index (χ0v) is 16.1. The molecule has 0 bridgehead atoms. The molecular formula is C21H22N4O3. The molecule has 28 heavy (non-hydrogen) atoms. The van der Waals surface area contributed by atoms with Crippen LogP contribution in [0.2, 0.25) is 0 Å². The fourth-order valence-electron chi connectivity index (χ4n) is 3.12. The van der Waals surface area contributed by atoms with Crippen molar-refractivity contribution in [3.05, 3.63) is 36.4 Å². The molecule has 1 heterocycles. The Balaban J connectivity index is 1.83. The number of methoxy groups -OCH3 is 2. The second-order valence-electron chi connectivity index (χ2n) is 6.71. The second kappa shape index (κ2) is 7.34. The van der Waals surface area contributed by atoms with Gasteiger partial charge in [-0.15, -0.1) is 0 Å². The maximum absolute atomic E-state index is 12.1. The van der Waals surface area contributed by atoms with Crippen molar-refractivity contribution in [2.24, 2.45) is 5.92 Å². The number of ether oxygens (including phenoxy) is 2. The average Bonchev–Trinajstić information content (AvgIpc) is 3.57. The fraction of sp³-hybridized carbons (Fsp3) is 0.286. The van der Waals surface area contributed by atoms with E-state index in [4.69, 9.17) is 9.47 Å². The third kappa shape index (κ3) is 3.43. The molecule has 3 aromatic rings. The Morgan fingerprint density at radius 3 is 2.50 bits per heavy atom. The summed E-state index contributed by atoms with van der Waals surface area (Å²) in [7, 11) is 4.97. The van der Waals surface area contributed by atoms with Gasteiger partial charge in [0.1, 0.15) is 0 Å². The zero-order chi connectivity index (χ0) is 19.7. The molecule has 2 aromatic carbocycles. The number of nitrogens with zero attached hydrogens (tertiary/aromatic N) is 2. The van der Waals surface area contributed by atoms with Gasteiger partial charge in [-0.1, -0.05) is 12.1 Å². The molecule has 1 amide bonds. The SMILES string of the molecule is CNc1nc(-c2cccc(NC(=O)C3CC3)c2)c2cc(OC)c(OC)cc2n1. The molecule has 1 aliphatic carbocycles. The van der Waals surface area contributed by atoms with Gasteiger partial charge in [0, 0.05) is 35.7 Å². The predicted molar refractivity (Wildman–Crippen MR) is 109 cm³/mol. The summed E-state index contributed by atoms with van der Waals surface area (Å²) in [6.07, 6.45) is 1.93. The molecule has 2 N–H and O–H groups in total. The molecule has 0 unspecified atom stereocenters. The number of benzene rings is 2. The second-order valence-corrected chi connectivity index (χ2v) is 6.71. The van der Waals surface area contributed by atoms with Crippen LogP contribution in [0.25, 0.3) is 22.2 Å². The largest absolute Gasteiger partial charge is 0.493 e. The van der Waals surface area contributed by atoms with Crippen molar-refractivity contribution < 1.29 is 14.3 Å². The number of fused-ring (bicyclic) bond motifs is 1. The smallest absolute Gasteiger partial charge is 0.227 e. The number of nitrogens with one attached hydrogen (secondary N) is 2. The standard InChI is InChI=1S/C21H22N4O3/c1-22-21-24-16-11-18(28-3)17(27-2)10-15(16)19(25-21)13-5-4-6-14(9-13)23-20(26)12-7-8-12/h4-6,9-12H,7-8H2,1-3H3,(H,23,26)(H,22,24,25). The normalized spacial score (nSPS) is 13.2. The first-order valence-corrected chi connectivity index (χ1v) is 9.15. The lowest BCUT2D eigenvalue weighted by atomic mass is 10.0. The summed E-state index contributed by atoms with van der Waals surface area (Å²) < 4.78 is 10.8. The number of rotatable bonds is 6. The molecule has 7 nitrogen and oxygen atoms in total. The summed E-state index contributed by atoms with van der Waals surface area (Å²) in [6, 6.07) is 11.4. The minimum absolute atomic E-state index is 0.0759. The molecule has 0 spiro atoms. The number of anilines is 2. The predicted octanol–water partition coefficient (Wildman–Crippen LogP) is 3.70. The molecule has 144 valence electrons. The Labute approximate surface area is 163 Å². The van der Waals surface area contributed by atoms with Crippen LogP contribution in [0.5, 0.6) is 11.5 Å².